The molecule has 2 heterocycles. The first-order chi connectivity index (χ1) is 17.1. The second-order valence-corrected chi connectivity index (χ2v) is 10.8. The predicted molar refractivity (Wildman–Crippen MR) is 131 cm³/mol. The largest absolute Gasteiger partial charge is 0.504 e. The highest BCUT2D eigenvalue weighted by molar-refractivity contribution is 7.92. The number of sulfonamides is 1. The first-order valence-electron chi connectivity index (χ1n) is 11.7. The van der Waals surface area contributed by atoms with Gasteiger partial charge in [-0.15, -0.1) is 0 Å². The molecule has 0 bridgehead atoms. The third-order valence-corrected chi connectivity index (χ3v) is 8.41. The second kappa shape index (κ2) is 10.5. The van der Waals surface area contributed by atoms with Crippen molar-refractivity contribution in [3.05, 3.63) is 65.5 Å². The van der Waals surface area contributed by atoms with Gasteiger partial charge in [0.25, 0.3) is 10.0 Å². The summed E-state index contributed by atoms with van der Waals surface area (Å²) >= 11 is 0. The predicted octanol–water partition coefficient (Wildman–Crippen LogP) is 6.15. The van der Waals surface area contributed by atoms with Gasteiger partial charge >= 0.3 is 6.18 Å². The van der Waals surface area contributed by atoms with E-state index in [0.29, 0.717) is 31.8 Å². The average molecular weight is 521 g/mol. The SMILES string of the molecule is [C-]#[N+]c1cc(S(=O)(=O)N2c3ccc(C=C)cc3CC[C@H]2CC(F)(F)F)ccc1OCC1CCOCC1. The van der Waals surface area contributed by atoms with E-state index in [1.165, 1.54) is 24.3 Å². The Labute approximate surface area is 209 Å². The number of alkyl halides is 3. The summed E-state index contributed by atoms with van der Waals surface area (Å²) in [6.45, 7) is 12.9. The smallest absolute Gasteiger partial charge is 0.391 e. The highest BCUT2D eigenvalue weighted by Crippen LogP contribution is 2.41. The van der Waals surface area contributed by atoms with Crippen molar-refractivity contribution in [2.75, 3.05) is 24.1 Å². The molecule has 10 heteroatoms. The van der Waals surface area contributed by atoms with Gasteiger partial charge in [-0.05, 0) is 73.1 Å². The van der Waals surface area contributed by atoms with Gasteiger partial charge in [0.05, 0.1) is 36.2 Å². The number of benzene rings is 2. The Kier molecular flexibility index (Phi) is 7.62. The summed E-state index contributed by atoms with van der Waals surface area (Å²) < 4.78 is 79.8. The Balaban J connectivity index is 1.68. The van der Waals surface area contributed by atoms with Crippen LogP contribution in [-0.2, 0) is 21.2 Å². The number of aryl methyl sites for hydroxylation is 1. The Morgan fingerprint density at radius 3 is 2.58 bits per heavy atom. The molecule has 0 aliphatic carbocycles. The summed E-state index contributed by atoms with van der Waals surface area (Å²) in [6, 6.07) is 7.48. The van der Waals surface area contributed by atoms with E-state index in [0.717, 1.165) is 22.7 Å². The summed E-state index contributed by atoms with van der Waals surface area (Å²) in [5.74, 6) is 0.520. The highest BCUT2D eigenvalue weighted by atomic mass is 32.2. The summed E-state index contributed by atoms with van der Waals surface area (Å²) in [5, 5.41) is 0. The lowest BCUT2D eigenvalue weighted by Gasteiger charge is -2.38. The van der Waals surface area contributed by atoms with Gasteiger partial charge in [-0.3, -0.25) is 4.31 Å². The molecular formula is C26H27F3N2O4S. The lowest BCUT2D eigenvalue weighted by atomic mass is 9.94. The van der Waals surface area contributed by atoms with Gasteiger partial charge in [0.15, 0.2) is 0 Å². The minimum Gasteiger partial charge on any atom is -0.504 e. The summed E-state index contributed by atoms with van der Waals surface area (Å²) in [5.41, 5.74) is 1.60. The fraction of sp³-hybridized carbons (Fsp3) is 0.423. The first kappa shape index (κ1) is 26.0. The molecule has 36 heavy (non-hydrogen) atoms. The second-order valence-electron chi connectivity index (χ2n) is 9.01. The van der Waals surface area contributed by atoms with Crippen LogP contribution in [0, 0.1) is 12.5 Å². The lowest BCUT2D eigenvalue weighted by molar-refractivity contribution is -0.138. The van der Waals surface area contributed by atoms with Gasteiger partial charge in [0.2, 0.25) is 5.69 Å². The quantitative estimate of drug-likeness (QED) is 0.411. The fourth-order valence-electron chi connectivity index (χ4n) is 4.66. The zero-order valence-corrected chi connectivity index (χ0v) is 20.4. The van der Waals surface area contributed by atoms with Crippen molar-refractivity contribution in [1.29, 1.82) is 0 Å². The van der Waals surface area contributed by atoms with E-state index in [9.17, 15) is 21.6 Å². The van der Waals surface area contributed by atoms with E-state index in [1.54, 1.807) is 18.2 Å². The van der Waals surface area contributed by atoms with Crippen molar-refractivity contribution < 1.29 is 31.1 Å². The molecule has 2 aliphatic rings. The minimum atomic E-state index is -4.54. The van der Waals surface area contributed by atoms with Crippen molar-refractivity contribution in [3.8, 4) is 5.75 Å². The molecule has 0 saturated carbocycles. The van der Waals surface area contributed by atoms with Crippen molar-refractivity contribution >= 4 is 27.5 Å². The third-order valence-electron chi connectivity index (χ3n) is 6.55. The molecular weight excluding hydrogens is 493 g/mol. The molecule has 0 amide bonds. The molecule has 0 unspecified atom stereocenters. The average Bonchev–Trinajstić information content (AvgIpc) is 2.86. The van der Waals surface area contributed by atoms with Crippen LogP contribution in [0.15, 0.2) is 47.9 Å². The monoisotopic (exact) mass is 520 g/mol. The summed E-state index contributed by atoms with van der Waals surface area (Å²) in [7, 11) is -4.41. The molecule has 0 spiro atoms. The Morgan fingerprint density at radius 1 is 1.17 bits per heavy atom. The molecule has 1 saturated heterocycles. The van der Waals surface area contributed by atoms with Crippen LogP contribution in [0.25, 0.3) is 10.9 Å². The van der Waals surface area contributed by atoms with Crippen molar-refractivity contribution in [1.82, 2.24) is 0 Å². The van der Waals surface area contributed by atoms with E-state index in [2.05, 4.69) is 11.4 Å². The zero-order valence-electron chi connectivity index (χ0n) is 19.6. The van der Waals surface area contributed by atoms with Gasteiger partial charge < -0.3 is 9.47 Å². The van der Waals surface area contributed by atoms with E-state index in [-0.39, 0.29) is 34.4 Å². The molecule has 1 atom stereocenters. The van der Waals surface area contributed by atoms with E-state index in [4.69, 9.17) is 16.0 Å². The molecule has 0 N–H and O–H groups in total. The standard InChI is InChI=1S/C26H27F3N2O4S/c1-3-18-4-8-24-20(14-18)5-6-21(16-26(27,28)29)31(24)36(32,33)22-7-9-25(23(15-22)30-2)35-17-19-10-12-34-13-11-19/h3-4,7-9,14-15,19,21H,1,5-6,10-13,16-17H2/t21-/m0/s1. The molecule has 4 rings (SSSR count). The minimum absolute atomic E-state index is 0.00487. The number of fused-ring (bicyclic) bond motifs is 1. The zero-order chi connectivity index (χ0) is 25.9. The van der Waals surface area contributed by atoms with Crippen LogP contribution in [-0.4, -0.2) is 40.5 Å². The molecule has 6 nitrogen and oxygen atoms in total. The fourth-order valence-corrected chi connectivity index (χ4v) is 6.40. The highest BCUT2D eigenvalue weighted by Gasteiger charge is 2.42. The maximum atomic E-state index is 13.8. The lowest BCUT2D eigenvalue weighted by Crippen LogP contribution is -2.45. The van der Waals surface area contributed by atoms with E-state index < -0.39 is 28.7 Å². The first-order valence-corrected chi connectivity index (χ1v) is 13.1. The molecule has 2 aromatic rings. The van der Waals surface area contributed by atoms with Crippen molar-refractivity contribution in [2.45, 2.75) is 49.2 Å². The van der Waals surface area contributed by atoms with Crippen LogP contribution in [0.4, 0.5) is 24.5 Å². The van der Waals surface area contributed by atoms with Crippen LogP contribution in [0.1, 0.15) is 36.8 Å². The number of rotatable bonds is 7. The summed E-state index contributed by atoms with van der Waals surface area (Å²) in [4.78, 5) is 3.18. The van der Waals surface area contributed by atoms with Crippen LogP contribution in [0.2, 0.25) is 0 Å². The number of ether oxygens (including phenoxy) is 2. The maximum Gasteiger partial charge on any atom is 0.391 e. The third kappa shape index (κ3) is 5.68. The van der Waals surface area contributed by atoms with Gasteiger partial charge in [0, 0.05) is 13.2 Å². The Morgan fingerprint density at radius 2 is 1.92 bits per heavy atom. The maximum absolute atomic E-state index is 13.8. The molecule has 0 radical (unpaired) electrons. The van der Waals surface area contributed by atoms with Gasteiger partial charge in [-0.1, -0.05) is 18.7 Å². The number of hydrogen-bond acceptors (Lipinski definition) is 4. The number of anilines is 1. The number of nitrogens with zero attached hydrogens (tertiary/aromatic N) is 2. The van der Waals surface area contributed by atoms with Crippen molar-refractivity contribution in [3.63, 3.8) is 0 Å². The molecule has 0 aromatic heterocycles. The Hall–Kier alpha value is -3.03. The molecule has 192 valence electrons. The van der Waals surface area contributed by atoms with Gasteiger partial charge in [0.1, 0.15) is 5.75 Å². The van der Waals surface area contributed by atoms with Crippen LogP contribution in [0.3, 0.4) is 0 Å². The van der Waals surface area contributed by atoms with Crippen LogP contribution < -0.4 is 9.04 Å². The molecule has 2 aromatic carbocycles. The van der Waals surface area contributed by atoms with Crippen molar-refractivity contribution in [2.24, 2.45) is 5.92 Å². The summed E-state index contributed by atoms with van der Waals surface area (Å²) in [6.07, 6.45) is -2.20. The van der Waals surface area contributed by atoms with Crippen LogP contribution >= 0.6 is 0 Å². The van der Waals surface area contributed by atoms with Gasteiger partial charge in [-0.2, -0.15) is 13.2 Å². The Bertz CT molecular complexity index is 1260. The number of halogens is 3. The van der Waals surface area contributed by atoms with Crippen LogP contribution in [0.5, 0.6) is 5.75 Å². The molecule has 1 fully saturated rings. The van der Waals surface area contributed by atoms with Gasteiger partial charge in [-0.25, -0.2) is 13.3 Å². The normalized spacial score (nSPS) is 18.8. The number of hydrogen-bond donors (Lipinski definition) is 0. The van der Waals surface area contributed by atoms with E-state index in [1.807, 2.05) is 0 Å². The van der Waals surface area contributed by atoms with E-state index >= 15 is 0 Å². The molecule has 2 aliphatic heterocycles. The topological polar surface area (TPSA) is 60.2 Å².